The van der Waals surface area contributed by atoms with Crippen LogP contribution >= 0.6 is 0 Å². The van der Waals surface area contributed by atoms with Gasteiger partial charge in [0.15, 0.2) is 28.6 Å². The summed E-state index contributed by atoms with van der Waals surface area (Å²) in [6, 6.07) is 7.90. The van der Waals surface area contributed by atoms with E-state index in [-0.39, 0.29) is 17.1 Å². The first kappa shape index (κ1) is 22.5. The summed E-state index contributed by atoms with van der Waals surface area (Å²) in [6.45, 7) is 0.194. The number of aromatic nitrogens is 4. The van der Waals surface area contributed by atoms with Gasteiger partial charge >= 0.3 is 0 Å². The summed E-state index contributed by atoms with van der Waals surface area (Å²) in [7, 11) is 0. The summed E-state index contributed by atoms with van der Waals surface area (Å²) in [5.41, 5.74) is 3.54. The monoisotopic (exact) mass is 461 g/mol. The molecule has 0 aliphatic carbocycles. The molecule has 0 radical (unpaired) electrons. The number of hydrogen-bond donors (Lipinski definition) is 2. The van der Waals surface area contributed by atoms with Gasteiger partial charge in [0.05, 0.1) is 6.61 Å². The van der Waals surface area contributed by atoms with E-state index in [4.69, 9.17) is 10.5 Å². The second-order valence-corrected chi connectivity index (χ2v) is 7.54. The number of hydrogen-bond acceptors (Lipinski definition) is 6. The Labute approximate surface area is 185 Å². The van der Waals surface area contributed by atoms with E-state index < -0.39 is 41.9 Å². The van der Waals surface area contributed by atoms with Crippen molar-refractivity contribution in [2.24, 2.45) is 0 Å². The van der Waals surface area contributed by atoms with E-state index in [1.54, 1.807) is 0 Å². The standard InChI is InChI=1S/C22H19F4N5O2/c1-21(32,14-3-2-8-28-12-14)22(25,26)7-10-33-19-16(23)5-4-15(18(19)24)13-6-9-31-17(11-13)29-20(27)30-31/h2-6,8-9,11-12,32H,7,10H2,1H3,(H2,27,30). The van der Waals surface area contributed by atoms with E-state index in [1.165, 1.54) is 47.2 Å². The fourth-order valence-electron chi connectivity index (χ4n) is 3.34. The van der Waals surface area contributed by atoms with E-state index in [0.717, 1.165) is 19.2 Å². The lowest BCUT2D eigenvalue weighted by molar-refractivity contribution is -0.184. The van der Waals surface area contributed by atoms with Gasteiger partial charge in [-0.05, 0) is 42.8 Å². The molecule has 4 aromatic rings. The minimum absolute atomic E-state index is 0.0235. The van der Waals surface area contributed by atoms with E-state index in [0.29, 0.717) is 11.2 Å². The van der Waals surface area contributed by atoms with Gasteiger partial charge in [0, 0.05) is 36.1 Å². The third-order valence-corrected chi connectivity index (χ3v) is 5.31. The highest BCUT2D eigenvalue weighted by atomic mass is 19.3. The number of alkyl halides is 2. The van der Waals surface area contributed by atoms with Crippen LogP contribution in [0, 0.1) is 11.6 Å². The maximum atomic E-state index is 15.1. The second-order valence-electron chi connectivity index (χ2n) is 7.54. The van der Waals surface area contributed by atoms with Gasteiger partial charge in [-0.15, -0.1) is 5.10 Å². The fourth-order valence-corrected chi connectivity index (χ4v) is 3.34. The Morgan fingerprint density at radius 2 is 1.97 bits per heavy atom. The molecule has 0 aliphatic heterocycles. The SMILES string of the molecule is CC(O)(c1cccnc1)C(F)(F)CCOc1c(F)ccc(-c2ccn3nc(N)nc3c2)c1F. The van der Waals surface area contributed by atoms with Crippen molar-refractivity contribution in [3.8, 4) is 16.9 Å². The summed E-state index contributed by atoms with van der Waals surface area (Å²) in [5, 5.41) is 14.3. The number of aliphatic hydroxyl groups is 1. The van der Waals surface area contributed by atoms with E-state index in [1.807, 2.05) is 0 Å². The van der Waals surface area contributed by atoms with Crippen LogP contribution < -0.4 is 10.5 Å². The molecule has 11 heteroatoms. The number of nitrogens with two attached hydrogens (primary N) is 1. The predicted octanol–water partition coefficient (Wildman–Crippen LogP) is 3.96. The van der Waals surface area contributed by atoms with Gasteiger partial charge in [0.25, 0.3) is 5.92 Å². The summed E-state index contributed by atoms with van der Waals surface area (Å²) < 4.78 is 65.2. The molecule has 0 saturated carbocycles. The van der Waals surface area contributed by atoms with Crippen molar-refractivity contribution in [2.75, 3.05) is 12.3 Å². The van der Waals surface area contributed by atoms with E-state index in [2.05, 4.69) is 15.1 Å². The Kier molecular flexibility index (Phi) is 5.66. The van der Waals surface area contributed by atoms with Crippen LogP contribution in [0.15, 0.2) is 55.0 Å². The van der Waals surface area contributed by atoms with E-state index in [9.17, 15) is 18.3 Å². The minimum Gasteiger partial charge on any atom is -0.487 e. The molecule has 0 fully saturated rings. The Balaban J connectivity index is 1.55. The average Bonchev–Trinajstić information content (AvgIpc) is 3.15. The molecule has 3 aromatic heterocycles. The Bertz CT molecular complexity index is 1290. The van der Waals surface area contributed by atoms with Crippen LogP contribution in [0.3, 0.4) is 0 Å². The third kappa shape index (κ3) is 4.19. The number of nitrogen functional groups attached to an aromatic ring is 1. The lowest BCUT2D eigenvalue weighted by Gasteiger charge is -2.32. The lowest BCUT2D eigenvalue weighted by Crippen LogP contribution is -2.44. The molecule has 1 unspecified atom stereocenters. The number of halogens is 4. The molecule has 4 rings (SSSR count). The van der Waals surface area contributed by atoms with Crippen molar-refractivity contribution < 1.29 is 27.4 Å². The van der Waals surface area contributed by atoms with Gasteiger partial charge in [-0.2, -0.15) is 4.98 Å². The van der Waals surface area contributed by atoms with Crippen LogP contribution in [0.5, 0.6) is 5.75 Å². The molecular formula is C22H19F4N5O2. The zero-order valence-corrected chi connectivity index (χ0v) is 17.3. The minimum atomic E-state index is -3.67. The summed E-state index contributed by atoms with van der Waals surface area (Å²) >= 11 is 0. The number of fused-ring (bicyclic) bond motifs is 1. The number of rotatable bonds is 7. The molecular weight excluding hydrogens is 442 g/mol. The zero-order valence-electron chi connectivity index (χ0n) is 17.3. The zero-order chi connectivity index (χ0) is 23.8. The van der Waals surface area contributed by atoms with Crippen LogP contribution in [0.1, 0.15) is 18.9 Å². The maximum absolute atomic E-state index is 15.1. The van der Waals surface area contributed by atoms with Crippen molar-refractivity contribution in [2.45, 2.75) is 24.9 Å². The number of anilines is 1. The maximum Gasteiger partial charge on any atom is 0.283 e. The van der Waals surface area contributed by atoms with Crippen LogP contribution in [-0.2, 0) is 5.60 Å². The molecule has 1 atom stereocenters. The van der Waals surface area contributed by atoms with Crippen LogP contribution in [0.4, 0.5) is 23.5 Å². The van der Waals surface area contributed by atoms with Gasteiger partial charge in [0.2, 0.25) is 5.95 Å². The van der Waals surface area contributed by atoms with Gasteiger partial charge in [-0.1, -0.05) is 6.07 Å². The molecule has 3 heterocycles. The van der Waals surface area contributed by atoms with Crippen LogP contribution in [-0.4, -0.2) is 37.2 Å². The highest BCUT2D eigenvalue weighted by molar-refractivity contribution is 5.69. The first-order valence-electron chi connectivity index (χ1n) is 9.84. The number of nitrogens with zero attached hydrogens (tertiary/aromatic N) is 4. The van der Waals surface area contributed by atoms with Crippen molar-refractivity contribution >= 4 is 11.6 Å². The summed E-state index contributed by atoms with van der Waals surface area (Å²) in [4.78, 5) is 7.72. The number of ether oxygens (including phenoxy) is 1. The highest BCUT2D eigenvalue weighted by Gasteiger charge is 2.50. The van der Waals surface area contributed by atoms with Crippen molar-refractivity contribution in [3.05, 3.63) is 72.2 Å². The predicted molar refractivity (Wildman–Crippen MR) is 112 cm³/mol. The molecule has 172 valence electrons. The average molecular weight is 461 g/mol. The topological polar surface area (TPSA) is 98.6 Å². The molecule has 3 N–H and O–H groups in total. The third-order valence-electron chi connectivity index (χ3n) is 5.31. The smallest absolute Gasteiger partial charge is 0.283 e. The summed E-state index contributed by atoms with van der Waals surface area (Å²) in [6.07, 6.45) is 3.01. The molecule has 0 saturated heterocycles. The van der Waals surface area contributed by atoms with Gasteiger partial charge in [0.1, 0.15) is 0 Å². The first-order valence-corrected chi connectivity index (χ1v) is 9.84. The Hall–Kier alpha value is -3.73. The molecule has 1 aromatic carbocycles. The normalized spacial score (nSPS) is 13.8. The largest absolute Gasteiger partial charge is 0.487 e. The lowest BCUT2D eigenvalue weighted by atomic mass is 9.88. The van der Waals surface area contributed by atoms with Crippen LogP contribution in [0.25, 0.3) is 16.8 Å². The Morgan fingerprint density at radius 3 is 2.70 bits per heavy atom. The van der Waals surface area contributed by atoms with Gasteiger partial charge in [-0.25, -0.2) is 22.1 Å². The van der Waals surface area contributed by atoms with Crippen LogP contribution in [0.2, 0.25) is 0 Å². The van der Waals surface area contributed by atoms with Crippen molar-refractivity contribution in [1.82, 2.24) is 19.6 Å². The Morgan fingerprint density at radius 1 is 1.18 bits per heavy atom. The molecule has 33 heavy (non-hydrogen) atoms. The quantitative estimate of drug-likeness (QED) is 0.404. The number of pyridine rings is 2. The summed E-state index contributed by atoms with van der Waals surface area (Å²) in [5.74, 6) is -6.55. The number of benzene rings is 1. The molecule has 0 amide bonds. The van der Waals surface area contributed by atoms with Gasteiger partial charge < -0.3 is 15.6 Å². The fraction of sp³-hybridized carbons (Fsp3) is 0.227. The molecule has 0 bridgehead atoms. The highest BCUT2D eigenvalue weighted by Crippen LogP contribution is 2.40. The van der Waals surface area contributed by atoms with E-state index >= 15 is 4.39 Å². The molecule has 7 nitrogen and oxygen atoms in total. The second kappa shape index (κ2) is 8.32. The van der Waals surface area contributed by atoms with Crippen molar-refractivity contribution in [3.63, 3.8) is 0 Å². The van der Waals surface area contributed by atoms with Crippen molar-refractivity contribution in [1.29, 1.82) is 0 Å². The molecule has 0 spiro atoms. The first-order chi connectivity index (χ1) is 15.6. The van der Waals surface area contributed by atoms with Gasteiger partial charge in [-0.3, -0.25) is 4.98 Å². The molecule has 0 aliphatic rings.